The molecule has 0 saturated carbocycles. The molecule has 0 spiro atoms. The fraction of sp³-hybridized carbons (Fsp3) is 0.625. The summed E-state index contributed by atoms with van der Waals surface area (Å²) in [5, 5.41) is 0.373. The van der Waals surface area contributed by atoms with Crippen LogP contribution in [-0.4, -0.2) is 30.0 Å². The van der Waals surface area contributed by atoms with Crippen molar-refractivity contribution in [1.82, 2.24) is 0 Å². The lowest BCUT2D eigenvalue weighted by Crippen LogP contribution is -2.16. The Balaban J connectivity index is 2.52. The zero-order valence-corrected chi connectivity index (χ0v) is 8.43. The van der Waals surface area contributed by atoms with Gasteiger partial charge in [0.05, 0.1) is 6.61 Å². The molecule has 0 fully saturated rings. The van der Waals surface area contributed by atoms with E-state index in [1.54, 1.807) is 13.0 Å². The lowest BCUT2D eigenvalue weighted by Gasteiger charge is -2.04. The van der Waals surface area contributed by atoms with E-state index in [0.29, 0.717) is 11.7 Å². The van der Waals surface area contributed by atoms with Crippen molar-refractivity contribution in [2.24, 2.45) is 5.92 Å². The van der Waals surface area contributed by atoms with Gasteiger partial charge in [0.25, 0.3) is 0 Å². The molecule has 2 unspecified atom stereocenters. The molecule has 0 bridgehead atoms. The predicted octanol–water partition coefficient (Wildman–Crippen LogP) is 0.416. The van der Waals surface area contributed by atoms with Crippen LogP contribution < -0.4 is 0 Å². The molecule has 74 valence electrons. The first-order valence-corrected chi connectivity index (χ1v) is 5.55. The summed E-state index contributed by atoms with van der Waals surface area (Å²) in [4.78, 5) is 11.2. The highest BCUT2D eigenvalue weighted by Gasteiger charge is 2.29. The molecule has 0 N–H and O–H groups in total. The number of rotatable bonds is 3. The summed E-state index contributed by atoms with van der Waals surface area (Å²) in [5.41, 5.74) is 0. The molecule has 13 heavy (non-hydrogen) atoms. The normalized spacial score (nSPS) is 23.3. The summed E-state index contributed by atoms with van der Waals surface area (Å²) in [5.74, 6) is -0.707. The monoisotopic (exact) mass is 204 g/mol. The largest absolute Gasteiger partial charge is 0.609 e. The van der Waals surface area contributed by atoms with E-state index in [1.165, 1.54) is 6.26 Å². The average molecular weight is 204 g/mol. The summed E-state index contributed by atoms with van der Waals surface area (Å²) >= 11 is -1.15. The highest BCUT2D eigenvalue weighted by molar-refractivity contribution is 7.94. The van der Waals surface area contributed by atoms with Crippen LogP contribution in [0.15, 0.2) is 11.2 Å². The molecular weight excluding hydrogens is 192 g/mol. The van der Waals surface area contributed by atoms with Crippen LogP contribution >= 0.6 is 0 Å². The molecule has 0 aromatic rings. The molecule has 0 aliphatic carbocycles. The first kappa shape index (κ1) is 10.4. The molecule has 1 aliphatic rings. The van der Waals surface area contributed by atoms with E-state index in [0.717, 1.165) is 0 Å². The minimum absolute atomic E-state index is 0.244. The average Bonchev–Trinajstić information content (AvgIpc) is 2.52. The number of carbonyl (C=O) groups is 1. The van der Waals surface area contributed by atoms with E-state index in [1.807, 2.05) is 0 Å². The number of ether oxygens (including phenoxy) is 2. The molecular formula is C8H12O4S. The Hall–Kier alpha value is -0.680. The molecule has 0 amide bonds. The molecule has 4 nitrogen and oxygen atoms in total. The minimum atomic E-state index is -1.15. The van der Waals surface area contributed by atoms with Crippen molar-refractivity contribution in [3.8, 4) is 0 Å². The topological polar surface area (TPSA) is 58.6 Å². The van der Waals surface area contributed by atoms with Gasteiger partial charge in [0, 0.05) is 17.3 Å². The number of hydrogen-bond donors (Lipinski definition) is 0. The zero-order chi connectivity index (χ0) is 9.84. The van der Waals surface area contributed by atoms with Crippen molar-refractivity contribution in [2.45, 2.75) is 6.92 Å². The van der Waals surface area contributed by atoms with Crippen molar-refractivity contribution in [3.05, 3.63) is 11.2 Å². The van der Waals surface area contributed by atoms with E-state index < -0.39 is 11.2 Å². The Morgan fingerprint density at radius 1 is 1.92 bits per heavy atom. The molecule has 0 aromatic carbocycles. The fourth-order valence-corrected chi connectivity index (χ4v) is 1.59. The van der Waals surface area contributed by atoms with Gasteiger partial charge in [-0.3, -0.25) is 4.79 Å². The van der Waals surface area contributed by atoms with E-state index >= 15 is 0 Å². The summed E-state index contributed by atoms with van der Waals surface area (Å²) in [6.07, 6.45) is 3.08. The van der Waals surface area contributed by atoms with Crippen LogP contribution in [-0.2, 0) is 25.4 Å². The second kappa shape index (κ2) is 4.53. The lowest BCUT2D eigenvalue weighted by atomic mass is 10.2. The third kappa shape index (κ3) is 2.63. The van der Waals surface area contributed by atoms with Gasteiger partial charge in [-0.15, -0.1) is 0 Å². The third-order valence-electron chi connectivity index (χ3n) is 1.62. The van der Waals surface area contributed by atoms with Gasteiger partial charge in [0.2, 0.25) is 0 Å². The molecule has 0 aromatic heterocycles. The maximum absolute atomic E-state index is 11.2. The molecule has 5 heteroatoms. The molecule has 1 heterocycles. The standard InChI is InChI=1S/C8H12O4S/c1-3-11-8(9)6-4-7(12-5-6)13(2)10/h4,6H,3,5H2,1-2H3. The highest BCUT2D eigenvalue weighted by Crippen LogP contribution is 2.20. The van der Waals surface area contributed by atoms with Crippen LogP contribution in [0.4, 0.5) is 0 Å². The molecule has 1 rings (SSSR count). The van der Waals surface area contributed by atoms with Crippen LogP contribution in [0.25, 0.3) is 0 Å². The van der Waals surface area contributed by atoms with E-state index in [-0.39, 0.29) is 18.5 Å². The summed E-state index contributed by atoms with van der Waals surface area (Å²) in [6.45, 7) is 2.35. The Morgan fingerprint density at radius 2 is 2.62 bits per heavy atom. The Labute approximate surface area is 80.1 Å². The van der Waals surface area contributed by atoms with Crippen LogP contribution in [0.2, 0.25) is 0 Å². The van der Waals surface area contributed by atoms with Gasteiger partial charge in [-0.2, -0.15) is 0 Å². The number of hydrogen-bond acceptors (Lipinski definition) is 4. The van der Waals surface area contributed by atoms with Crippen LogP contribution in [0.5, 0.6) is 0 Å². The van der Waals surface area contributed by atoms with E-state index in [2.05, 4.69) is 0 Å². The third-order valence-corrected chi connectivity index (χ3v) is 2.44. The fourth-order valence-electron chi connectivity index (χ4n) is 0.997. The maximum atomic E-state index is 11.2. The first-order valence-electron chi connectivity index (χ1n) is 3.99. The number of esters is 1. The van der Waals surface area contributed by atoms with Gasteiger partial charge in [-0.25, -0.2) is 0 Å². The van der Waals surface area contributed by atoms with E-state index in [9.17, 15) is 9.35 Å². The summed E-state index contributed by atoms with van der Waals surface area (Å²) in [6, 6.07) is 0. The second-order valence-electron chi connectivity index (χ2n) is 2.61. The van der Waals surface area contributed by atoms with Crippen molar-refractivity contribution in [2.75, 3.05) is 19.5 Å². The zero-order valence-electron chi connectivity index (χ0n) is 7.61. The maximum Gasteiger partial charge on any atom is 0.316 e. The van der Waals surface area contributed by atoms with Gasteiger partial charge in [0.15, 0.2) is 0 Å². The first-order chi connectivity index (χ1) is 6.15. The summed E-state index contributed by atoms with van der Waals surface area (Å²) < 4.78 is 20.8. The predicted molar refractivity (Wildman–Crippen MR) is 48.2 cm³/mol. The molecule has 0 radical (unpaired) electrons. The van der Waals surface area contributed by atoms with Crippen molar-refractivity contribution < 1.29 is 18.8 Å². The number of carbonyl (C=O) groups excluding carboxylic acids is 1. The van der Waals surface area contributed by atoms with Gasteiger partial charge >= 0.3 is 11.1 Å². The Bertz CT molecular complexity index is 224. The quantitative estimate of drug-likeness (QED) is 0.493. The van der Waals surface area contributed by atoms with Crippen LogP contribution in [0.3, 0.4) is 0 Å². The smallest absolute Gasteiger partial charge is 0.316 e. The van der Waals surface area contributed by atoms with Gasteiger partial charge in [-0.1, -0.05) is 0 Å². The molecule has 2 atom stereocenters. The lowest BCUT2D eigenvalue weighted by molar-refractivity contribution is -0.146. The van der Waals surface area contributed by atoms with Crippen molar-refractivity contribution in [3.63, 3.8) is 0 Å². The second-order valence-corrected chi connectivity index (χ2v) is 3.92. The SMILES string of the molecule is CCOC(=O)C1C=C([S+](C)[O-])OC1. The van der Waals surface area contributed by atoms with Gasteiger partial charge in [0.1, 0.15) is 18.8 Å². The van der Waals surface area contributed by atoms with Crippen molar-refractivity contribution in [1.29, 1.82) is 0 Å². The Kier molecular flexibility index (Phi) is 3.62. The van der Waals surface area contributed by atoms with Crippen molar-refractivity contribution >= 4 is 17.1 Å². The minimum Gasteiger partial charge on any atom is -0.609 e. The van der Waals surface area contributed by atoms with Crippen LogP contribution in [0, 0.1) is 5.92 Å². The summed E-state index contributed by atoms with van der Waals surface area (Å²) in [7, 11) is 0. The highest BCUT2D eigenvalue weighted by atomic mass is 32.2. The Morgan fingerprint density at radius 3 is 3.08 bits per heavy atom. The van der Waals surface area contributed by atoms with Gasteiger partial charge < -0.3 is 14.0 Å². The van der Waals surface area contributed by atoms with E-state index in [4.69, 9.17) is 9.47 Å². The van der Waals surface area contributed by atoms with Gasteiger partial charge in [-0.05, 0) is 6.92 Å². The van der Waals surface area contributed by atoms with Crippen LogP contribution in [0.1, 0.15) is 6.92 Å². The molecule has 1 aliphatic heterocycles. The molecule has 0 saturated heterocycles.